The van der Waals surface area contributed by atoms with E-state index < -0.39 is 29.2 Å². The van der Waals surface area contributed by atoms with Gasteiger partial charge in [-0.1, -0.05) is 0 Å². The van der Waals surface area contributed by atoms with E-state index in [1.807, 2.05) is 0 Å². The van der Waals surface area contributed by atoms with Gasteiger partial charge in [0.15, 0.2) is 0 Å². The van der Waals surface area contributed by atoms with Crippen molar-refractivity contribution in [2.24, 2.45) is 0 Å². The van der Waals surface area contributed by atoms with E-state index in [1.54, 1.807) is 0 Å². The Morgan fingerprint density at radius 3 is 2.44 bits per heavy atom. The summed E-state index contributed by atoms with van der Waals surface area (Å²) in [6.45, 7) is 0. The van der Waals surface area contributed by atoms with Crippen LogP contribution < -0.4 is 11.5 Å². The Labute approximate surface area is 88.2 Å². The zero-order chi connectivity index (χ0) is 12.5. The summed E-state index contributed by atoms with van der Waals surface area (Å²) in [5.41, 5.74) is 8.40. The number of aromatic nitrogens is 1. The maximum Gasteiger partial charge on any atom is 0.433 e. The number of halogens is 3. The van der Waals surface area contributed by atoms with Crippen molar-refractivity contribution in [1.29, 1.82) is 0 Å². The predicted molar refractivity (Wildman–Crippen MR) is 49.4 cm³/mol. The van der Waals surface area contributed by atoms with E-state index in [-0.39, 0.29) is 5.69 Å². The second-order valence-corrected chi connectivity index (χ2v) is 2.84. The molecule has 0 saturated carbocycles. The molecule has 0 aliphatic heterocycles. The average molecular weight is 235 g/mol. The van der Waals surface area contributed by atoms with Crippen LogP contribution in [0.5, 0.6) is 0 Å². The maximum atomic E-state index is 12.3. The number of hydrogen-bond acceptors (Lipinski definition) is 5. The third kappa shape index (κ3) is 2.15. The molecule has 0 aromatic carbocycles. The first-order valence-corrected chi connectivity index (χ1v) is 3.99. The number of ether oxygens (including phenoxy) is 1. The Bertz CT molecular complexity index is 431. The van der Waals surface area contributed by atoms with E-state index in [9.17, 15) is 18.0 Å². The molecule has 1 heterocycles. The second-order valence-electron chi connectivity index (χ2n) is 2.84. The molecule has 5 nitrogen and oxygen atoms in total. The lowest BCUT2D eigenvalue weighted by atomic mass is 10.2. The topological polar surface area (TPSA) is 91.2 Å². The molecule has 0 atom stereocenters. The molecule has 1 aromatic heterocycles. The Balaban J connectivity index is 3.39. The average Bonchev–Trinajstić information content (AvgIpc) is 2.19. The maximum absolute atomic E-state index is 12.3. The van der Waals surface area contributed by atoms with Gasteiger partial charge in [-0.15, -0.1) is 0 Å². The first-order chi connectivity index (χ1) is 7.27. The second kappa shape index (κ2) is 3.87. The standard InChI is InChI=1S/C8H8F3N3O2/c1-16-7(15)3-2-4(8(9,10)11)14-6(13)5(3)12/h2H,12H2,1H3,(H2,13,14). The van der Waals surface area contributed by atoms with Crippen LogP contribution in [0.2, 0.25) is 0 Å². The van der Waals surface area contributed by atoms with Crippen molar-refractivity contribution in [1.82, 2.24) is 4.98 Å². The summed E-state index contributed by atoms with van der Waals surface area (Å²) >= 11 is 0. The van der Waals surface area contributed by atoms with E-state index in [2.05, 4.69) is 9.72 Å². The minimum Gasteiger partial charge on any atom is -0.465 e. The Hall–Kier alpha value is -1.99. The van der Waals surface area contributed by atoms with Gasteiger partial charge >= 0.3 is 12.1 Å². The van der Waals surface area contributed by atoms with Gasteiger partial charge in [0.2, 0.25) is 0 Å². The number of carbonyl (C=O) groups excluding carboxylic acids is 1. The van der Waals surface area contributed by atoms with E-state index in [0.717, 1.165) is 7.11 Å². The largest absolute Gasteiger partial charge is 0.465 e. The van der Waals surface area contributed by atoms with Gasteiger partial charge in [-0.25, -0.2) is 9.78 Å². The zero-order valence-corrected chi connectivity index (χ0v) is 8.13. The molecule has 16 heavy (non-hydrogen) atoms. The smallest absolute Gasteiger partial charge is 0.433 e. The van der Waals surface area contributed by atoms with Crippen LogP contribution in [-0.4, -0.2) is 18.1 Å². The Morgan fingerprint density at radius 2 is 2.00 bits per heavy atom. The Morgan fingerprint density at radius 1 is 1.44 bits per heavy atom. The van der Waals surface area contributed by atoms with Crippen molar-refractivity contribution in [3.05, 3.63) is 17.3 Å². The summed E-state index contributed by atoms with van der Waals surface area (Å²) in [6.07, 6.45) is -4.70. The van der Waals surface area contributed by atoms with E-state index in [4.69, 9.17) is 11.5 Å². The summed E-state index contributed by atoms with van der Waals surface area (Å²) in [7, 11) is 1.02. The van der Waals surface area contributed by atoms with Crippen LogP contribution in [0.1, 0.15) is 16.1 Å². The highest BCUT2D eigenvalue weighted by molar-refractivity contribution is 5.97. The van der Waals surface area contributed by atoms with E-state index in [1.165, 1.54) is 0 Å². The third-order valence-electron chi connectivity index (χ3n) is 1.78. The molecule has 0 saturated heterocycles. The Kier molecular flexibility index (Phi) is 2.92. The molecule has 0 aliphatic carbocycles. The normalized spacial score (nSPS) is 11.2. The van der Waals surface area contributed by atoms with Crippen molar-refractivity contribution in [3.8, 4) is 0 Å². The molecule has 0 unspecified atom stereocenters. The number of rotatable bonds is 1. The highest BCUT2D eigenvalue weighted by atomic mass is 19.4. The van der Waals surface area contributed by atoms with Gasteiger partial charge in [-0.2, -0.15) is 13.2 Å². The van der Waals surface area contributed by atoms with Crippen LogP contribution in [0.4, 0.5) is 24.7 Å². The van der Waals surface area contributed by atoms with Gasteiger partial charge in [0, 0.05) is 0 Å². The van der Waals surface area contributed by atoms with E-state index >= 15 is 0 Å². The number of nitrogen functional groups attached to an aromatic ring is 2. The number of anilines is 2. The summed E-state index contributed by atoms with van der Waals surface area (Å²) in [5.74, 6) is -1.56. The molecular weight excluding hydrogens is 227 g/mol. The number of nitrogens with zero attached hydrogens (tertiary/aromatic N) is 1. The van der Waals surface area contributed by atoms with Gasteiger partial charge in [-0.3, -0.25) is 0 Å². The van der Waals surface area contributed by atoms with Crippen LogP contribution >= 0.6 is 0 Å². The highest BCUT2D eigenvalue weighted by Gasteiger charge is 2.34. The lowest BCUT2D eigenvalue weighted by molar-refractivity contribution is -0.141. The molecule has 1 aromatic rings. The van der Waals surface area contributed by atoms with Gasteiger partial charge < -0.3 is 16.2 Å². The molecule has 8 heteroatoms. The summed E-state index contributed by atoms with van der Waals surface area (Å²) in [4.78, 5) is 14.2. The van der Waals surface area contributed by atoms with Gasteiger partial charge in [-0.05, 0) is 6.07 Å². The number of alkyl halides is 3. The van der Waals surface area contributed by atoms with Crippen molar-refractivity contribution in [3.63, 3.8) is 0 Å². The molecule has 0 spiro atoms. The molecule has 1 rings (SSSR count). The predicted octanol–water partition coefficient (Wildman–Crippen LogP) is 1.05. The molecule has 4 N–H and O–H groups in total. The molecule has 0 amide bonds. The minimum atomic E-state index is -4.70. The van der Waals surface area contributed by atoms with E-state index in [0.29, 0.717) is 6.07 Å². The minimum absolute atomic E-state index is 0.333. The van der Waals surface area contributed by atoms with Crippen molar-refractivity contribution < 1.29 is 22.7 Å². The number of carbonyl (C=O) groups is 1. The fraction of sp³-hybridized carbons (Fsp3) is 0.250. The quantitative estimate of drug-likeness (QED) is 0.710. The van der Waals surface area contributed by atoms with Crippen LogP contribution in [0, 0.1) is 0 Å². The number of methoxy groups -OCH3 is 1. The fourth-order valence-corrected chi connectivity index (χ4v) is 0.999. The number of esters is 1. The summed E-state index contributed by atoms with van der Waals surface area (Å²) < 4.78 is 41.3. The molecule has 0 fully saturated rings. The lowest BCUT2D eigenvalue weighted by Gasteiger charge is -2.11. The first-order valence-electron chi connectivity index (χ1n) is 3.99. The molecular formula is C8H8F3N3O2. The van der Waals surface area contributed by atoms with Gasteiger partial charge in [0.1, 0.15) is 11.5 Å². The SMILES string of the molecule is COC(=O)c1cc(C(F)(F)F)nc(N)c1N. The van der Waals surface area contributed by atoms with Gasteiger partial charge in [0.25, 0.3) is 0 Å². The monoisotopic (exact) mass is 235 g/mol. The first kappa shape index (κ1) is 12.1. The summed E-state index contributed by atoms with van der Waals surface area (Å²) in [5, 5.41) is 0. The fourth-order valence-electron chi connectivity index (χ4n) is 0.999. The van der Waals surface area contributed by atoms with Crippen molar-refractivity contribution >= 4 is 17.5 Å². The number of pyridine rings is 1. The molecule has 0 bridgehead atoms. The number of nitrogens with two attached hydrogens (primary N) is 2. The zero-order valence-electron chi connectivity index (χ0n) is 8.13. The van der Waals surface area contributed by atoms with Crippen LogP contribution in [0.15, 0.2) is 6.07 Å². The van der Waals surface area contributed by atoms with Gasteiger partial charge in [0.05, 0.1) is 18.4 Å². The van der Waals surface area contributed by atoms with Crippen LogP contribution in [0.25, 0.3) is 0 Å². The molecule has 0 radical (unpaired) electrons. The highest BCUT2D eigenvalue weighted by Crippen LogP contribution is 2.31. The summed E-state index contributed by atoms with van der Waals surface area (Å²) in [6, 6.07) is 0.498. The molecule has 88 valence electrons. The lowest BCUT2D eigenvalue weighted by Crippen LogP contribution is -2.15. The van der Waals surface area contributed by atoms with Crippen LogP contribution in [-0.2, 0) is 10.9 Å². The van der Waals surface area contributed by atoms with Crippen molar-refractivity contribution in [2.75, 3.05) is 18.6 Å². The molecule has 0 aliphatic rings. The number of hydrogen-bond donors (Lipinski definition) is 2. The van der Waals surface area contributed by atoms with Crippen LogP contribution in [0.3, 0.4) is 0 Å². The van der Waals surface area contributed by atoms with Crippen molar-refractivity contribution in [2.45, 2.75) is 6.18 Å². The third-order valence-corrected chi connectivity index (χ3v) is 1.78.